The molecule has 1 amide bonds. The van der Waals surface area contributed by atoms with E-state index >= 15 is 0 Å². The van der Waals surface area contributed by atoms with E-state index in [1.807, 2.05) is 55.6 Å². The Hall–Kier alpha value is -2.69. The van der Waals surface area contributed by atoms with Gasteiger partial charge in [0, 0.05) is 32.2 Å². The second-order valence-corrected chi connectivity index (χ2v) is 5.47. The van der Waals surface area contributed by atoms with Crippen LogP contribution in [0, 0.1) is 0 Å². The summed E-state index contributed by atoms with van der Waals surface area (Å²) in [4.78, 5) is 14.1. The third kappa shape index (κ3) is 4.91. The normalized spacial score (nSPS) is 10.1. The van der Waals surface area contributed by atoms with E-state index in [1.54, 1.807) is 14.2 Å². The molecule has 128 valence electrons. The molecule has 0 aliphatic heterocycles. The first-order valence-electron chi connectivity index (χ1n) is 7.88. The zero-order valence-electron chi connectivity index (χ0n) is 14.4. The smallest absolute Gasteiger partial charge is 0.222 e. The van der Waals surface area contributed by atoms with Gasteiger partial charge in [-0.1, -0.05) is 24.3 Å². The molecule has 2 aromatic rings. The van der Waals surface area contributed by atoms with Crippen molar-refractivity contribution in [3.05, 3.63) is 54.1 Å². The van der Waals surface area contributed by atoms with Crippen LogP contribution >= 0.6 is 0 Å². The molecule has 0 aliphatic carbocycles. The molecule has 0 saturated heterocycles. The van der Waals surface area contributed by atoms with Gasteiger partial charge in [-0.15, -0.1) is 0 Å². The van der Waals surface area contributed by atoms with Gasteiger partial charge >= 0.3 is 0 Å². The molecule has 2 aromatic carbocycles. The number of methoxy groups -OCH3 is 2. The Morgan fingerprint density at radius 2 is 1.75 bits per heavy atom. The van der Waals surface area contributed by atoms with E-state index in [0.717, 1.165) is 11.3 Å². The Morgan fingerprint density at radius 1 is 1.04 bits per heavy atom. The molecule has 2 rings (SSSR count). The minimum Gasteiger partial charge on any atom is -0.493 e. The Kier molecular flexibility index (Phi) is 6.49. The first kappa shape index (κ1) is 17.7. The van der Waals surface area contributed by atoms with E-state index in [1.165, 1.54) is 0 Å². The van der Waals surface area contributed by atoms with E-state index in [9.17, 15) is 4.79 Å². The Bertz CT molecular complexity index is 659. The van der Waals surface area contributed by atoms with E-state index in [2.05, 4.69) is 10.2 Å². The lowest BCUT2D eigenvalue weighted by molar-refractivity contribution is -0.121. The zero-order valence-corrected chi connectivity index (χ0v) is 14.4. The highest BCUT2D eigenvalue weighted by atomic mass is 16.5. The molecule has 0 atom stereocenters. The molecule has 1 N–H and O–H groups in total. The van der Waals surface area contributed by atoms with Gasteiger partial charge in [-0.25, -0.2) is 0 Å². The summed E-state index contributed by atoms with van der Waals surface area (Å²) in [5, 5.41) is 2.93. The largest absolute Gasteiger partial charge is 0.493 e. The monoisotopic (exact) mass is 328 g/mol. The summed E-state index contributed by atoms with van der Waals surface area (Å²) >= 11 is 0. The molecule has 0 saturated carbocycles. The van der Waals surface area contributed by atoms with Crippen LogP contribution < -0.4 is 19.7 Å². The SMILES string of the molecule is COc1ccc(CNC(=O)CCN(C)c2ccccc2)cc1OC. The molecule has 0 heterocycles. The number of nitrogens with one attached hydrogen (secondary N) is 1. The first-order valence-corrected chi connectivity index (χ1v) is 7.88. The summed E-state index contributed by atoms with van der Waals surface area (Å²) in [7, 11) is 5.18. The van der Waals surface area contributed by atoms with Gasteiger partial charge in [0.05, 0.1) is 14.2 Å². The summed E-state index contributed by atoms with van der Waals surface area (Å²) in [6, 6.07) is 15.6. The molecule has 0 aromatic heterocycles. The number of rotatable bonds is 8. The highest BCUT2D eigenvalue weighted by molar-refractivity contribution is 5.76. The van der Waals surface area contributed by atoms with Crippen LogP contribution in [0.5, 0.6) is 11.5 Å². The second kappa shape index (κ2) is 8.82. The summed E-state index contributed by atoms with van der Waals surface area (Å²) in [6.07, 6.45) is 0.443. The summed E-state index contributed by atoms with van der Waals surface area (Å²) in [5.74, 6) is 1.36. The predicted octanol–water partition coefficient (Wildman–Crippen LogP) is 2.85. The van der Waals surface area contributed by atoms with Gasteiger partial charge in [0.25, 0.3) is 0 Å². The van der Waals surface area contributed by atoms with Gasteiger partial charge in [-0.05, 0) is 29.8 Å². The number of carbonyl (C=O) groups is 1. The Balaban J connectivity index is 1.81. The summed E-state index contributed by atoms with van der Waals surface area (Å²) in [6.45, 7) is 1.13. The number of benzene rings is 2. The molecule has 0 bridgehead atoms. The number of anilines is 1. The highest BCUT2D eigenvalue weighted by Gasteiger charge is 2.07. The fraction of sp³-hybridized carbons (Fsp3) is 0.316. The number of carbonyl (C=O) groups excluding carboxylic acids is 1. The van der Waals surface area contributed by atoms with Crippen molar-refractivity contribution in [1.82, 2.24) is 5.32 Å². The lowest BCUT2D eigenvalue weighted by Crippen LogP contribution is -2.28. The highest BCUT2D eigenvalue weighted by Crippen LogP contribution is 2.27. The molecule has 5 heteroatoms. The van der Waals surface area contributed by atoms with Crippen LogP contribution in [0.2, 0.25) is 0 Å². The number of hydrogen-bond donors (Lipinski definition) is 1. The third-order valence-electron chi connectivity index (χ3n) is 3.81. The maximum absolute atomic E-state index is 12.0. The van der Waals surface area contributed by atoms with Crippen LogP contribution in [0.1, 0.15) is 12.0 Å². The average molecular weight is 328 g/mol. The number of nitrogens with zero attached hydrogens (tertiary/aromatic N) is 1. The number of ether oxygens (including phenoxy) is 2. The van der Waals surface area contributed by atoms with E-state index in [-0.39, 0.29) is 5.91 Å². The molecule has 0 unspecified atom stereocenters. The standard InChI is InChI=1S/C19H24N2O3/c1-21(16-7-5-4-6-8-16)12-11-19(22)20-14-15-9-10-17(23-2)18(13-15)24-3/h4-10,13H,11-12,14H2,1-3H3,(H,20,22). The van der Waals surface area contributed by atoms with Crippen LogP contribution in [-0.4, -0.2) is 33.7 Å². The van der Waals surface area contributed by atoms with Crippen molar-refractivity contribution in [2.24, 2.45) is 0 Å². The first-order chi connectivity index (χ1) is 11.6. The molecule has 5 nitrogen and oxygen atoms in total. The number of amides is 1. The van der Waals surface area contributed by atoms with Crippen molar-refractivity contribution in [2.45, 2.75) is 13.0 Å². The average Bonchev–Trinajstić information content (AvgIpc) is 2.64. The second-order valence-electron chi connectivity index (χ2n) is 5.47. The van der Waals surface area contributed by atoms with Crippen molar-refractivity contribution in [2.75, 3.05) is 32.7 Å². The van der Waals surface area contributed by atoms with Gasteiger partial charge in [0.2, 0.25) is 5.91 Å². The van der Waals surface area contributed by atoms with Gasteiger partial charge in [-0.2, -0.15) is 0 Å². The quantitative estimate of drug-likeness (QED) is 0.809. The molecule has 0 fully saturated rings. The molecular formula is C19H24N2O3. The van der Waals surface area contributed by atoms with Gasteiger partial charge in [0.15, 0.2) is 11.5 Å². The van der Waals surface area contributed by atoms with Crippen LogP contribution in [-0.2, 0) is 11.3 Å². The van der Waals surface area contributed by atoms with Crippen molar-refractivity contribution >= 4 is 11.6 Å². The summed E-state index contributed by atoms with van der Waals surface area (Å²) < 4.78 is 10.5. The van der Waals surface area contributed by atoms with Crippen LogP contribution in [0.25, 0.3) is 0 Å². The fourth-order valence-electron chi connectivity index (χ4n) is 2.36. The predicted molar refractivity (Wildman–Crippen MR) is 95.7 cm³/mol. The minimum absolute atomic E-state index is 0.0209. The maximum atomic E-state index is 12.0. The molecular weight excluding hydrogens is 304 g/mol. The van der Waals surface area contributed by atoms with Crippen LogP contribution in [0.4, 0.5) is 5.69 Å². The molecule has 0 spiro atoms. The Morgan fingerprint density at radius 3 is 2.42 bits per heavy atom. The number of para-hydroxylation sites is 1. The molecule has 24 heavy (non-hydrogen) atoms. The van der Waals surface area contributed by atoms with Crippen molar-refractivity contribution in [1.29, 1.82) is 0 Å². The lowest BCUT2D eigenvalue weighted by atomic mass is 10.2. The minimum atomic E-state index is 0.0209. The molecule has 0 radical (unpaired) electrons. The van der Waals surface area contributed by atoms with E-state index in [0.29, 0.717) is 31.0 Å². The maximum Gasteiger partial charge on any atom is 0.222 e. The van der Waals surface area contributed by atoms with Gasteiger partial charge in [-0.3, -0.25) is 4.79 Å². The molecule has 0 aliphatic rings. The van der Waals surface area contributed by atoms with Crippen molar-refractivity contribution < 1.29 is 14.3 Å². The third-order valence-corrected chi connectivity index (χ3v) is 3.81. The van der Waals surface area contributed by atoms with Crippen LogP contribution in [0.15, 0.2) is 48.5 Å². The summed E-state index contributed by atoms with van der Waals surface area (Å²) in [5.41, 5.74) is 2.07. The van der Waals surface area contributed by atoms with E-state index < -0.39 is 0 Å². The van der Waals surface area contributed by atoms with Gasteiger partial charge < -0.3 is 19.7 Å². The van der Waals surface area contributed by atoms with Crippen molar-refractivity contribution in [3.8, 4) is 11.5 Å². The van der Waals surface area contributed by atoms with Crippen molar-refractivity contribution in [3.63, 3.8) is 0 Å². The topological polar surface area (TPSA) is 50.8 Å². The fourth-order valence-corrected chi connectivity index (χ4v) is 2.36. The van der Waals surface area contributed by atoms with Gasteiger partial charge in [0.1, 0.15) is 0 Å². The van der Waals surface area contributed by atoms with Crippen LogP contribution in [0.3, 0.4) is 0 Å². The Labute approximate surface area is 143 Å². The number of hydrogen-bond acceptors (Lipinski definition) is 4. The van der Waals surface area contributed by atoms with E-state index in [4.69, 9.17) is 9.47 Å². The zero-order chi connectivity index (χ0) is 17.4. The lowest BCUT2D eigenvalue weighted by Gasteiger charge is -2.18.